The summed E-state index contributed by atoms with van der Waals surface area (Å²) < 4.78 is 7.82. The monoisotopic (exact) mass is 321 g/mol. The van der Waals surface area contributed by atoms with Crippen LogP contribution in [0.5, 0.6) is 0 Å². The molecule has 0 aliphatic heterocycles. The Labute approximate surface area is 139 Å². The highest BCUT2D eigenvalue weighted by molar-refractivity contribution is 5.79. The van der Waals surface area contributed by atoms with Crippen molar-refractivity contribution < 1.29 is 4.74 Å². The number of aromatic nitrogens is 2. The fourth-order valence-electron chi connectivity index (χ4n) is 2.78. The Morgan fingerprint density at radius 3 is 2.91 bits per heavy atom. The van der Waals surface area contributed by atoms with Gasteiger partial charge in [-0.3, -0.25) is 9.67 Å². The van der Waals surface area contributed by atoms with Gasteiger partial charge in [-0.25, -0.2) is 0 Å². The molecule has 0 saturated heterocycles. The second-order valence-electron chi connectivity index (χ2n) is 5.94. The number of nitrogens with zero attached hydrogens (tertiary/aromatic N) is 3. The summed E-state index contributed by atoms with van der Waals surface area (Å²) in [7, 11) is 0. The fraction of sp³-hybridized carbons (Fsp3) is 0.765. The van der Waals surface area contributed by atoms with Gasteiger partial charge >= 0.3 is 0 Å². The largest absolute Gasteiger partial charge is 0.378 e. The van der Waals surface area contributed by atoms with Gasteiger partial charge in [0.05, 0.1) is 6.10 Å². The van der Waals surface area contributed by atoms with E-state index in [9.17, 15) is 0 Å². The first-order valence-corrected chi connectivity index (χ1v) is 8.99. The molecule has 1 aromatic rings. The number of hydrogen-bond acceptors (Lipinski definition) is 3. The Hall–Kier alpha value is -1.56. The first-order chi connectivity index (χ1) is 11.4. The van der Waals surface area contributed by atoms with Crippen LogP contribution in [-0.4, -0.2) is 48.1 Å². The topological polar surface area (TPSA) is 63.5 Å². The zero-order valence-corrected chi connectivity index (χ0v) is 14.3. The minimum absolute atomic E-state index is 0.513. The van der Waals surface area contributed by atoms with E-state index in [1.165, 1.54) is 25.7 Å². The molecule has 0 aromatic carbocycles. The standard InChI is InChI=1S/C17H31N5O/c1-2-18-17(19-10-5-13-22-14-6-12-21-22)20-11-7-15-23-16-8-3-4-9-16/h6,12,14,16H,2-5,7-11,13,15H2,1H3,(H2,18,19,20). The van der Waals surface area contributed by atoms with Crippen LogP contribution in [0.4, 0.5) is 0 Å². The number of hydrogen-bond donors (Lipinski definition) is 2. The van der Waals surface area contributed by atoms with Gasteiger partial charge in [0.15, 0.2) is 5.96 Å². The third-order valence-electron chi connectivity index (χ3n) is 3.99. The molecule has 23 heavy (non-hydrogen) atoms. The third kappa shape index (κ3) is 7.50. The zero-order valence-electron chi connectivity index (χ0n) is 14.3. The van der Waals surface area contributed by atoms with Crippen LogP contribution >= 0.6 is 0 Å². The Morgan fingerprint density at radius 1 is 1.30 bits per heavy atom. The number of aliphatic imine (C=N–C) groups is 1. The lowest BCUT2D eigenvalue weighted by Crippen LogP contribution is -2.38. The molecule has 2 N–H and O–H groups in total. The van der Waals surface area contributed by atoms with Gasteiger partial charge in [-0.05, 0) is 38.7 Å². The molecule has 0 atom stereocenters. The van der Waals surface area contributed by atoms with Gasteiger partial charge in [0, 0.05) is 45.2 Å². The van der Waals surface area contributed by atoms with Crippen molar-refractivity contribution in [2.24, 2.45) is 4.99 Å². The van der Waals surface area contributed by atoms with E-state index in [2.05, 4.69) is 27.6 Å². The maximum atomic E-state index is 5.87. The Bertz CT molecular complexity index is 426. The van der Waals surface area contributed by atoms with E-state index in [0.29, 0.717) is 6.10 Å². The van der Waals surface area contributed by atoms with Crippen molar-refractivity contribution in [2.75, 3.05) is 26.2 Å². The molecular weight excluding hydrogens is 290 g/mol. The highest BCUT2D eigenvalue weighted by Crippen LogP contribution is 2.20. The molecule has 0 radical (unpaired) electrons. The molecular formula is C17H31N5O. The van der Waals surface area contributed by atoms with E-state index < -0.39 is 0 Å². The van der Waals surface area contributed by atoms with Crippen molar-refractivity contribution in [3.63, 3.8) is 0 Å². The molecule has 6 nitrogen and oxygen atoms in total. The molecule has 1 heterocycles. The van der Waals surface area contributed by atoms with Gasteiger partial charge in [-0.15, -0.1) is 0 Å². The molecule has 1 saturated carbocycles. The summed E-state index contributed by atoms with van der Waals surface area (Å²) in [5, 5.41) is 10.9. The predicted molar refractivity (Wildman–Crippen MR) is 93.7 cm³/mol. The van der Waals surface area contributed by atoms with Gasteiger partial charge in [0.1, 0.15) is 0 Å². The van der Waals surface area contributed by atoms with Crippen LogP contribution < -0.4 is 10.6 Å². The van der Waals surface area contributed by atoms with E-state index in [1.54, 1.807) is 0 Å². The lowest BCUT2D eigenvalue weighted by atomic mass is 10.3. The Morgan fingerprint density at radius 2 is 2.17 bits per heavy atom. The summed E-state index contributed by atoms with van der Waals surface area (Å²) in [4.78, 5) is 4.60. The van der Waals surface area contributed by atoms with Gasteiger partial charge in [0.2, 0.25) is 0 Å². The van der Waals surface area contributed by atoms with Crippen LogP contribution in [0.2, 0.25) is 0 Å². The van der Waals surface area contributed by atoms with E-state index in [-0.39, 0.29) is 0 Å². The quantitative estimate of drug-likeness (QED) is 0.394. The molecule has 1 aliphatic rings. The van der Waals surface area contributed by atoms with Crippen LogP contribution in [0, 0.1) is 0 Å². The normalized spacial score (nSPS) is 16.0. The van der Waals surface area contributed by atoms with Crippen LogP contribution in [0.25, 0.3) is 0 Å². The number of nitrogens with one attached hydrogen (secondary N) is 2. The molecule has 0 spiro atoms. The average molecular weight is 321 g/mol. The summed E-state index contributed by atoms with van der Waals surface area (Å²) >= 11 is 0. The second kappa shape index (κ2) is 11.0. The smallest absolute Gasteiger partial charge is 0.191 e. The molecule has 0 amide bonds. The summed E-state index contributed by atoms with van der Waals surface area (Å²) in [6.45, 7) is 6.42. The second-order valence-corrected chi connectivity index (χ2v) is 5.94. The van der Waals surface area contributed by atoms with Crippen molar-refractivity contribution in [1.29, 1.82) is 0 Å². The van der Waals surface area contributed by atoms with Gasteiger partial charge < -0.3 is 15.4 Å². The maximum Gasteiger partial charge on any atom is 0.191 e. The van der Waals surface area contributed by atoms with Crippen LogP contribution in [0.1, 0.15) is 45.4 Å². The van der Waals surface area contributed by atoms with Gasteiger partial charge in [0.25, 0.3) is 0 Å². The maximum absolute atomic E-state index is 5.87. The third-order valence-corrected chi connectivity index (χ3v) is 3.99. The number of guanidine groups is 1. The molecule has 130 valence electrons. The Kier molecular flexibility index (Phi) is 8.55. The summed E-state index contributed by atoms with van der Waals surface area (Å²) in [5.74, 6) is 0.897. The molecule has 2 rings (SSSR count). The minimum Gasteiger partial charge on any atom is -0.378 e. The molecule has 1 aromatic heterocycles. The summed E-state index contributed by atoms with van der Waals surface area (Å²) in [6, 6.07) is 1.95. The summed E-state index contributed by atoms with van der Waals surface area (Å²) in [6.07, 6.45) is 11.5. The molecule has 1 aliphatic carbocycles. The lowest BCUT2D eigenvalue weighted by molar-refractivity contribution is 0.0574. The first kappa shape index (κ1) is 17.8. The van der Waals surface area contributed by atoms with Crippen molar-refractivity contribution in [3.05, 3.63) is 18.5 Å². The Balaban J connectivity index is 1.55. The van der Waals surface area contributed by atoms with E-state index in [1.807, 2.05) is 23.1 Å². The van der Waals surface area contributed by atoms with Crippen molar-refractivity contribution in [1.82, 2.24) is 20.4 Å². The molecule has 1 fully saturated rings. The first-order valence-electron chi connectivity index (χ1n) is 8.99. The van der Waals surface area contributed by atoms with E-state index >= 15 is 0 Å². The van der Waals surface area contributed by atoms with Crippen molar-refractivity contribution in [2.45, 2.75) is 58.1 Å². The highest BCUT2D eigenvalue weighted by Gasteiger charge is 2.14. The zero-order chi connectivity index (χ0) is 16.2. The lowest BCUT2D eigenvalue weighted by Gasteiger charge is -2.13. The molecule has 0 unspecified atom stereocenters. The van der Waals surface area contributed by atoms with Crippen molar-refractivity contribution in [3.8, 4) is 0 Å². The number of rotatable bonds is 10. The van der Waals surface area contributed by atoms with Crippen LogP contribution in [0.15, 0.2) is 23.5 Å². The summed E-state index contributed by atoms with van der Waals surface area (Å²) in [5.41, 5.74) is 0. The molecule has 0 bridgehead atoms. The predicted octanol–water partition coefficient (Wildman–Crippen LogP) is 2.18. The number of aryl methyl sites for hydroxylation is 1. The van der Waals surface area contributed by atoms with Gasteiger partial charge in [-0.1, -0.05) is 12.8 Å². The average Bonchev–Trinajstić information content (AvgIpc) is 3.24. The van der Waals surface area contributed by atoms with Crippen LogP contribution in [0.3, 0.4) is 0 Å². The van der Waals surface area contributed by atoms with Gasteiger partial charge in [-0.2, -0.15) is 5.10 Å². The molecule has 6 heteroatoms. The van der Waals surface area contributed by atoms with E-state index in [0.717, 1.165) is 51.6 Å². The van der Waals surface area contributed by atoms with Crippen molar-refractivity contribution >= 4 is 5.96 Å². The minimum atomic E-state index is 0.513. The SMILES string of the molecule is CCNC(=NCCCn1cccn1)NCCCOC1CCCC1. The van der Waals surface area contributed by atoms with Crippen LogP contribution in [-0.2, 0) is 11.3 Å². The number of ether oxygens (including phenoxy) is 1. The highest BCUT2D eigenvalue weighted by atomic mass is 16.5. The fourth-order valence-corrected chi connectivity index (χ4v) is 2.78. The van der Waals surface area contributed by atoms with E-state index in [4.69, 9.17) is 4.74 Å².